The molecule has 0 unspecified atom stereocenters. The maximum Gasteiger partial charge on any atom is 0.411 e. The lowest BCUT2D eigenvalue weighted by atomic mass is 9.92. The van der Waals surface area contributed by atoms with E-state index in [9.17, 15) is 18.0 Å². The van der Waals surface area contributed by atoms with E-state index in [0.717, 1.165) is 23.3 Å². The van der Waals surface area contributed by atoms with Crippen LogP contribution < -0.4 is 5.32 Å². The summed E-state index contributed by atoms with van der Waals surface area (Å²) in [4.78, 5) is 13.9. The number of rotatable bonds is 4. The van der Waals surface area contributed by atoms with Crippen LogP contribution in [0.2, 0.25) is 0 Å². The molecule has 0 spiro atoms. The summed E-state index contributed by atoms with van der Waals surface area (Å²) in [7, 11) is 0. The number of halogens is 3. The number of amides is 1. The van der Waals surface area contributed by atoms with Gasteiger partial charge in [-0.2, -0.15) is 13.2 Å². The van der Waals surface area contributed by atoms with Crippen LogP contribution in [0.5, 0.6) is 0 Å². The van der Waals surface area contributed by atoms with Crippen LogP contribution in [0.15, 0.2) is 6.07 Å². The fourth-order valence-corrected chi connectivity index (χ4v) is 3.52. The highest BCUT2D eigenvalue weighted by molar-refractivity contribution is 7.14. The Labute approximate surface area is 131 Å². The van der Waals surface area contributed by atoms with Gasteiger partial charge < -0.3 is 10.1 Å². The largest absolute Gasteiger partial charge is 0.411 e. The van der Waals surface area contributed by atoms with Crippen LogP contribution >= 0.6 is 11.3 Å². The molecule has 1 N–H and O–H groups in total. The van der Waals surface area contributed by atoms with Crippen molar-refractivity contribution >= 4 is 17.2 Å². The predicted octanol–water partition coefficient (Wildman–Crippen LogP) is 3.98. The molecular weight excluding hydrogens is 315 g/mol. The van der Waals surface area contributed by atoms with Crippen LogP contribution in [-0.4, -0.2) is 30.8 Å². The number of carbonyl (C=O) groups is 1. The van der Waals surface area contributed by atoms with Crippen molar-refractivity contribution in [3.63, 3.8) is 0 Å². The summed E-state index contributed by atoms with van der Waals surface area (Å²) in [6, 6.07) is 1.72. The third kappa shape index (κ3) is 4.98. The van der Waals surface area contributed by atoms with Gasteiger partial charge in [0, 0.05) is 10.9 Å². The molecule has 1 aliphatic carbocycles. The molecule has 0 bridgehead atoms. The van der Waals surface area contributed by atoms with Gasteiger partial charge in [-0.05, 0) is 51.2 Å². The van der Waals surface area contributed by atoms with Crippen molar-refractivity contribution in [2.45, 2.75) is 57.9 Å². The maximum atomic E-state index is 12.2. The van der Waals surface area contributed by atoms with Gasteiger partial charge in [0.2, 0.25) is 0 Å². The molecule has 1 saturated carbocycles. The lowest BCUT2D eigenvalue weighted by Crippen LogP contribution is -2.40. The molecule has 1 aliphatic rings. The van der Waals surface area contributed by atoms with Gasteiger partial charge in [0.05, 0.1) is 11.0 Å². The Morgan fingerprint density at radius 2 is 2.14 bits per heavy atom. The van der Waals surface area contributed by atoms with Crippen molar-refractivity contribution in [3.05, 3.63) is 21.4 Å². The molecule has 22 heavy (non-hydrogen) atoms. The molecule has 1 heterocycles. The Hall–Kier alpha value is -1.08. The molecule has 1 aromatic rings. The highest BCUT2D eigenvalue weighted by atomic mass is 32.1. The number of thiophene rings is 1. The first kappa shape index (κ1) is 17.3. The zero-order chi connectivity index (χ0) is 16.3. The second kappa shape index (κ2) is 7.00. The van der Waals surface area contributed by atoms with Crippen LogP contribution in [0.25, 0.3) is 0 Å². The Morgan fingerprint density at radius 1 is 1.41 bits per heavy atom. The molecule has 0 saturated heterocycles. The molecule has 0 aliphatic heterocycles. The highest BCUT2D eigenvalue weighted by Crippen LogP contribution is 2.25. The minimum Gasteiger partial charge on any atom is -0.369 e. The molecule has 3 nitrogen and oxygen atoms in total. The fourth-order valence-electron chi connectivity index (χ4n) is 2.58. The third-order valence-electron chi connectivity index (χ3n) is 3.83. The average Bonchev–Trinajstić information content (AvgIpc) is 2.76. The second-order valence-corrected chi connectivity index (χ2v) is 6.99. The number of hydrogen-bond donors (Lipinski definition) is 1. The standard InChI is InChI=1S/C15H20F3NO2S/c1-9-6-13(22-10(9)2)14(20)19-11-4-3-5-12(7-11)21-8-15(16,17)18/h6,11-12H,3-5,7-8H2,1-2H3,(H,19,20)/t11-,12+/m1/s1. The molecule has 1 fully saturated rings. The molecule has 0 radical (unpaired) electrons. The number of hydrogen-bond acceptors (Lipinski definition) is 3. The van der Waals surface area contributed by atoms with Crippen molar-refractivity contribution in [3.8, 4) is 0 Å². The van der Waals surface area contributed by atoms with Gasteiger partial charge in [-0.15, -0.1) is 11.3 Å². The summed E-state index contributed by atoms with van der Waals surface area (Å²) in [5.41, 5.74) is 1.07. The van der Waals surface area contributed by atoms with Crippen LogP contribution in [0.3, 0.4) is 0 Å². The fraction of sp³-hybridized carbons (Fsp3) is 0.667. The lowest BCUT2D eigenvalue weighted by molar-refractivity contribution is -0.188. The van der Waals surface area contributed by atoms with Crippen LogP contribution in [0.4, 0.5) is 13.2 Å². The van der Waals surface area contributed by atoms with E-state index in [-0.39, 0.29) is 11.9 Å². The van der Waals surface area contributed by atoms with Crippen LogP contribution in [-0.2, 0) is 4.74 Å². The molecule has 7 heteroatoms. The van der Waals surface area contributed by atoms with Crippen molar-refractivity contribution in [2.24, 2.45) is 0 Å². The van der Waals surface area contributed by atoms with Crippen LogP contribution in [0, 0.1) is 13.8 Å². The average molecular weight is 335 g/mol. The Bertz CT molecular complexity index is 508. The molecule has 1 aromatic heterocycles. The minimum absolute atomic E-state index is 0.123. The zero-order valence-electron chi connectivity index (χ0n) is 12.6. The molecule has 2 rings (SSSR count). The number of carbonyl (C=O) groups excluding carboxylic acids is 1. The van der Waals surface area contributed by atoms with Gasteiger partial charge in [0.25, 0.3) is 5.91 Å². The summed E-state index contributed by atoms with van der Waals surface area (Å²) in [6.45, 7) is 2.68. The first-order valence-electron chi connectivity index (χ1n) is 7.31. The van der Waals surface area contributed by atoms with Gasteiger partial charge in [0.15, 0.2) is 0 Å². The first-order chi connectivity index (χ1) is 10.2. The van der Waals surface area contributed by atoms with E-state index in [4.69, 9.17) is 4.74 Å². The van der Waals surface area contributed by atoms with E-state index in [1.54, 1.807) is 0 Å². The second-order valence-electron chi connectivity index (χ2n) is 5.74. The van der Waals surface area contributed by atoms with Crippen LogP contribution in [0.1, 0.15) is 45.8 Å². The van der Waals surface area contributed by atoms with E-state index in [1.165, 1.54) is 11.3 Å². The van der Waals surface area contributed by atoms with Crippen molar-refractivity contribution < 1.29 is 22.7 Å². The zero-order valence-corrected chi connectivity index (χ0v) is 13.4. The number of nitrogens with one attached hydrogen (secondary N) is 1. The normalized spacial score (nSPS) is 22.6. The minimum atomic E-state index is -4.30. The van der Waals surface area contributed by atoms with Gasteiger partial charge in [-0.3, -0.25) is 4.79 Å². The van der Waals surface area contributed by atoms with Crippen molar-refractivity contribution in [2.75, 3.05) is 6.61 Å². The van der Waals surface area contributed by atoms with Gasteiger partial charge >= 0.3 is 6.18 Å². The van der Waals surface area contributed by atoms with Crippen molar-refractivity contribution in [1.82, 2.24) is 5.32 Å². The maximum absolute atomic E-state index is 12.2. The van der Waals surface area contributed by atoms with Gasteiger partial charge in [-0.1, -0.05) is 0 Å². The Balaban J connectivity index is 1.86. The van der Waals surface area contributed by atoms with E-state index >= 15 is 0 Å². The lowest BCUT2D eigenvalue weighted by Gasteiger charge is -2.29. The summed E-state index contributed by atoms with van der Waals surface area (Å²) in [5, 5.41) is 2.91. The molecule has 124 valence electrons. The summed E-state index contributed by atoms with van der Waals surface area (Å²) in [5.74, 6) is -0.150. The molecule has 2 atom stereocenters. The first-order valence-corrected chi connectivity index (χ1v) is 8.12. The van der Waals surface area contributed by atoms with E-state index in [1.807, 2.05) is 19.9 Å². The highest BCUT2D eigenvalue weighted by Gasteiger charge is 2.31. The van der Waals surface area contributed by atoms with E-state index in [2.05, 4.69) is 5.32 Å². The topological polar surface area (TPSA) is 38.3 Å². The third-order valence-corrected chi connectivity index (χ3v) is 4.99. The summed E-state index contributed by atoms with van der Waals surface area (Å²) < 4.78 is 41.5. The molecular formula is C15H20F3NO2S. The van der Waals surface area contributed by atoms with Gasteiger partial charge in [0.1, 0.15) is 6.61 Å². The summed E-state index contributed by atoms with van der Waals surface area (Å²) in [6.07, 6.45) is -2.16. The Morgan fingerprint density at radius 3 is 2.73 bits per heavy atom. The monoisotopic (exact) mass is 335 g/mol. The quantitative estimate of drug-likeness (QED) is 0.904. The number of alkyl halides is 3. The Kier molecular flexibility index (Phi) is 5.50. The molecule has 0 aromatic carbocycles. The SMILES string of the molecule is Cc1cc(C(=O)N[C@@H]2CCC[C@H](OCC(F)(F)F)C2)sc1C. The van der Waals surface area contributed by atoms with Gasteiger partial charge in [-0.25, -0.2) is 0 Å². The predicted molar refractivity (Wildman–Crippen MR) is 79.3 cm³/mol. The number of aryl methyl sites for hydroxylation is 2. The summed E-state index contributed by atoms with van der Waals surface area (Å²) >= 11 is 1.43. The van der Waals surface area contributed by atoms with Crippen molar-refractivity contribution in [1.29, 1.82) is 0 Å². The van der Waals surface area contributed by atoms with E-state index < -0.39 is 18.9 Å². The number of ether oxygens (including phenoxy) is 1. The molecule has 1 amide bonds. The smallest absolute Gasteiger partial charge is 0.369 e. The van der Waals surface area contributed by atoms with E-state index in [0.29, 0.717) is 17.7 Å².